The van der Waals surface area contributed by atoms with Crippen LogP contribution in [0, 0.1) is 0 Å². The molecule has 0 radical (unpaired) electrons. The number of hydrogen-bond acceptors (Lipinski definition) is 3. The first-order chi connectivity index (χ1) is 7.78. The highest BCUT2D eigenvalue weighted by Gasteiger charge is 2.56. The fourth-order valence-corrected chi connectivity index (χ4v) is 2.20. The first-order valence-electron chi connectivity index (χ1n) is 5.52. The van der Waals surface area contributed by atoms with Gasteiger partial charge in [-0.25, -0.2) is 5.43 Å². The lowest BCUT2D eigenvalue weighted by Crippen LogP contribution is -2.80. The van der Waals surface area contributed by atoms with E-state index in [1.54, 1.807) is 0 Å². The molecule has 1 aromatic carbocycles. The molecular weight excluding hydrogens is 204 g/mol. The Morgan fingerprint density at radius 3 is 2.62 bits per heavy atom. The van der Waals surface area contributed by atoms with E-state index in [-0.39, 0.29) is 17.6 Å². The second kappa shape index (κ2) is 3.57. The zero-order valence-corrected chi connectivity index (χ0v) is 8.90. The standard InChI is InChI=1S/C12H14N2O2/c15-11-12(14-13-11)6-10(7-12)16-8-9-4-2-1-3-5-9/h1-5,10,14H,6-8H2,(H,13,15). The van der Waals surface area contributed by atoms with E-state index in [9.17, 15) is 4.79 Å². The van der Waals surface area contributed by atoms with Gasteiger partial charge in [0.05, 0.1) is 12.7 Å². The Morgan fingerprint density at radius 1 is 1.31 bits per heavy atom. The molecule has 1 aliphatic carbocycles. The summed E-state index contributed by atoms with van der Waals surface area (Å²) in [5.74, 6) is 0.104. The van der Waals surface area contributed by atoms with Crippen LogP contribution in [-0.2, 0) is 16.1 Å². The molecule has 4 nitrogen and oxygen atoms in total. The number of benzene rings is 1. The highest BCUT2D eigenvalue weighted by Crippen LogP contribution is 2.37. The molecule has 1 heterocycles. The van der Waals surface area contributed by atoms with Crippen molar-refractivity contribution in [2.75, 3.05) is 0 Å². The zero-order valence-electron chi connectivity index (χ0n) is 8.90. The second-order valence-electron chi connectivity index (χ2n) is 4.49. The minimum atomic E-state index is -0.304. The Morgan fingerprint density at radius 2 is 2.06 bits per heavy atom. The van der Waals surface area contributed by atoms with Gasteiger partial charge < -0.3 is 4.74 Å². The highest BCUT2D eigenvalue weighted by molar-refractivity contribution is 5.92. The molecule has 2 aliphatic rings. The van der Waals surface area contributed by atoms with Crippen LogP contribution >= 0.6 is 0 Å². The maximum Gasteiger partial charge on any atom is 0.256 e. The number of carbonyl (C=O) groups is 1. The van der Waals surface area contributed by atoms with E-state index in [2.05, 4.69) is 10.9 Å². The normalized spacial score (nSPS) is 31.8. The van der Waals surface area contributed by atoms with Crippen LogP contribution in [0.4, 0.5) is 0 Å². The Balaban J connectivity index is 1.47. The SMILES string of the molecule is O=C1NNC12CC(OCc1ccccc1)C2. The lowest BCUT2D eigenvalue weighted by atomic mass is 9.72. The van der Waals surface area contributed by atoms with Crippen LogP contribution in [-0.4, -0.2) is 17.6 Å². The number of hydrogen-bond donors (Lipinski definition) is 2. The van der Waals surface area contributed by atoms with Crippen LogP contribution in [0.25, 0.3) is 0 Å². The number of ether oxygens (including phenoxy) is 1. The summed E-state index contributed by atoms with van der Waals surface area (Å²) >= 11 is 0. The van der Waals surface area contributed by atoms with Crippen molar-refractivity contribution in [2.24, 2.45) is 0 Å². The van der Waals surface area contributed by atoms with E-state index in [1.165, 1.54) is 5.56 Å². The molecule has 2 N–H and O–H groups in total. The van der Waals surface area contributed by atoms with E-state index < -0.39 is 0 Å². The number of amides is 1. The maximum absolute atomic E-state index is 11.2. The molecule has 1 amide bonds. The average molecular weight is 218 g/mol. The maximum atomic E-state index is 11.2. The van der Waals surface area contributed by atoms with Crippen molar-refractivity contribution < 1.29 is 9.53 Å². The molecule has 16 heavy (non-hydrogen) atoms. The Labute approximate surface area is 94.0 Å². The van der Waals surface area contributed by atoms with Gasteiger partial charge in [-0.15, -0.1) is 0 Å². The number of nitrogens with one attached hydrogen (secondary N) is 2. The first-order valence-corrected chi connectivity index (χ1v) is 5.52. The van der Waals surface area contributed by atoms with E-state index in [4.69, 9.17) is 4.74 Å². The van der Waals surface area contributed by atoms with Crippen LogP contribution in [0.5, 0.6) is 0 Å². The molecule has 1 saturated heterocycles. The summed E-state index contributed by atoms with van der Waals surface area (Å²) in [6.07, 6.45) is 1.77. The van der Waals surface area contributed by atoms with Gasteiger partial charge >= 0.3 is 0 Å². The van der Waals surface area contributed by atoms with Crippen molar-refractivity contribution >= 4 is 5.91 Å². The van der Waals surface area contributed by atoms with Crippen molar-refractivity contribution in [3.63, 3.8) is 0 Å². The molecule has 3 rings (SSSR count). The molecule has 1 aliphatic heterocycles. The van der Waals surface area contributed by atoms with Gasteiger partial charge in [0.25, 0.3) is 5.91 Å². The van der Waals surface area contributed by atoms with Crippen molar-refractivity contribution in [1.82, 2.24) is 10.9 Å². The Kier molecular flexibility index (Phi) is 2.19. The van der Waals surface area contributed by atoms with Crippen LogP contribution < -0.4 is 10.9 Å². The minimum Gasteiger partial charge on any atom is -0.373 e. The Bertz CT molecular complexity index is 399. The first kappa shape index (κ1) is 9.81. The summed E-state index contributed by atoms with van der Waals surface area (Å²) in [6, 6.07) is 10.1. The second-order valence-corrected chi connectivity index (χ2v) is 4.49. The molecular formula is C12H14N2O2. The molecule has 1 saturated carbocycles. The van der Waals surface area contributed by atoms with Gasteiger partial charge in [0.1, 0.15) is 5.54 Å². The van der Waals surface area contributed by atoms with Crippen LogP contribution in [0.3, 0.4) is 0 Å². The molecule has 4 heteroatoms. The third-order valence-corrected chi connectivity index (χ3v) is 3.33. The summed E-state index contributed by atoms with van der Waals surface area (Å²) in [7, 11) is 0. The molecule has 84 valence electrons. The summed E-state index contributed by atoms with van der Waals surface area (Å²) < 4.78 is 5.72. The van der Waals surface area contributed by atoms with Crippen molar-refractivity contribution in [2.45, 2.75) is 31.1 Å². The van der Waals surface area contributed by atoms with Gasteiger partial charge in [-0.05, 0) is 5.56 Å². The number of hydrazine groups is 1. The largest absolute Gasteiger partial charge is 0.373 e. The van der Waals surface area contributed by atoms with Gasteiger partial charge in [0, 0.05) is 12.8 Å². The van der Waals surface area contributed by atoms with Crippen molar-refractivity contribution in [3.8, 4) is 0 Å². The third kappa shape index (κ3) is 1.50. The molecule has 0 unspecified atom stereocenters. The number of carbonyl (C=O) groups excluding carboxylic acids is 1. The summed E-state index contributed by atoms with van der Waals surface area (Å²) in [5, 5.41) is 0. The van der Waals surface area contributed by atoms with Crippen molar-refractivity contribution in [3.05, 3.63) is 35.9 Å². The summed E-state index contributed by atoms with van der Waals surface area (Å²) in [6.45, 7) is 0.628. The molecule has 0 atom stereocenters. The van der Waals surface area contributed by atoms with Gasteiger partial charge in [0.2, 0.25) is 0 Å². The van der Waals surface area contributed by atoms with Gasteiger partial charge in [0.15, 0.2) is 0 Å². The van der Waals surface area contributed by atoms with E-state index in [1.807, 2.05) is 30.3 Å². The highest BCUT2D eigenvalue weighted by atomic mass is 16.5. The monoisotopic (exact) mass is 218 g/mol. The van der Waals surface area contributed by atoms with Gasteiger partial charge in [-0.3, -0.25) is 10.2 Å². The van der Waals surface area contributed by atoms with Crippen LogP contribution in [0.2, 0.25) is 0 Å². The molecule has 1 spiro atoms. The quantitative estimate of drug-likeness (QED) is 0.786. The summed E-state index contributed by atoms with van der Waals surface area (Å²) in [5.41, 5.74) is 6.38. The molecule has 2 fully saturated rings. The topological polar surface area (TPSA) is 50.4 Å². The van der Waals surface area contributed by atoms with Gasteiger partial charge in [-0.2, -0.15) is 0 Å². The van der Waals surface area contributed by atoms with E-state index in [0.29, 0.717) is 6.61 Å². The molecule has 0 aromatic heterocycles. The minimum absolute atomic E-state index is 0.104. The lowest BCUT2D eigenvalue weighted by Gasteiger charge is -2.52. The van der Waals surface area contributed by atoms with E-state index >= 15 is 0 Å². The van der Waals surface area contributed by atoms with Crippen LogP contribution in [0.1, 0.15) is 18.4 Å². The predicted octanol–water partition coefficient (Wildman–Crippen LogP) is 0.739. The number of rotatable bonds is 3. The molecule has 1 aromatic rings. The lowest BCUT2D eigenvalue weighted by molar-refractivity contribution is -0.159. The zero-order chi connectivity index (χ0) is 11.0. The third-order valence-electron chi connectivity index (χ3n) is 3.33. The fourth-order valence-electron chi connectivity index (χ4n) is 2.20. The smallest absolute Gasteiger partial charge is 0.256 e. The Hall–Kier alpha value is -1.39. The fraction of sp³-hybridized carbons (Fsp3) is 0.417. The van der Waals surface area contributed by atoms with Crippen LogP contribution in [0.15, 0.2) is 30.3 Å². The molecule has 0 bridgehead atoms. The van der Waals surface area contributed by atoms with Crippen molar-refractivity contribution in [1.29, 1.82) is 0 Å². The predicted molar refractivity (Wildman–Crippen MR) is 58.3 cm³/mol. The van der Waals surface area contributed by atoms with Gasteiger partial charge in [-0.1, -0.05) is 30.3 Å². The van der Waals surface area contributed by atoms with E-state index in [0.717, 1.165) is 12.8 Å². The average Bonchev–Trinajstić information content (AvgIpc) is 2.26. The summed E-state index contributed by atoms with van der Waals surface area (Å²) in [4.78, 5) is 11.2.